The van der Waals surface area contributed by atoms with Crippen LogP contribution in [0.2, 0.25) is 0 Å². The summed E-state index contributed by atoms with van der Waals surface area (Å²) in [5, 5.41) is 4.99. The largest absolute Gasteiger partial charge is 0.315 e. The Morgan fingerprint density at radius 3 is 2.89 bits per heavy atom. The minimum atomic E-state index is -3.34. The van der Waals surface area contributed by atoms with Crippen LogP contribution in [-0.4, -0.2) is 32.4 Å². The summed E-state index contributed by atoms with van der Waals surface area (Å²) >= 11 is 1.53. The van der Waals surface area contributed by atoms with Crippen LogP contribution in [0.15, 0.2) is 10.3 Å². The van der Waals surface area contributed by atoms with Crippen molar-refractivity contribution in [2.24, 2.45) is 0 Å². The van der Waals surface area contributed by atoms with Gasteiger partial charge in [-0.25, -0.2) is 8.42 Å². The fourth-order valence-corrected chi connectivity index (χ4v) is 6.31. The van der Waals surface area contributed by atoms with Crippen molar-refractivity contribution in [3.63, 3.8) is 0 Å². The lowest BCUT2D eigenvalue weighted by atomic mass is 10.2. The Kier molecular flexibility index (Phi) is 4.66. The van der Waals surface area contributed by atoms with Crippen molar-refractivity contribution in [3.8, 4) is 0 Å². The zero-order valence-electron chi connectivity index (χ0n) is 11.8. The summed E-state index contributed by atoms with van der Waals surface area (Å²) in [4.78, 5) is 1.45. The third kappa shape index (κ3) is 2.72. The van der Waals surface area contributed by atoms with Crippen LogP contribution in [0.1, 0.15) is 36.6 Å². The van der Waals surface area contributed by atoms with E-state index in [-0.39, 0.29) is 6.04 Å². The Hall–Kier alpha value is -0.430. The SMILES string of the molecule is CCC1CCCN1S(=O)(=O)c1c(C)csc1CNC. The van der Waals surface area contributed by atoms with Crippen molar-refractivity contribution in [3.05, 3.63) is 15.8 Å². The number of aryl methyl sites for hydroxylation is 1. The maximum atomic E-state index is 12.9. The Morgan fingerprint density at radius 1 is 1.53 bits per heavy atom. The molecule has 1 aliphatic heterocycles. The van der Waals surface area contributed by atoms with Crippen molar-refractivity contribution < 1.29 is 8.42 Å². The van der Waals surface area contributed by atoms with Gasteiger partial charge in [-0.3, -0.25) is 0 Å². The van der Waals surface area contributed by atoms with Gasteiger partial charge in [-0.2, -0.15) is 4.31 Å². The van der Waals surface area contributed by atoms with Crippen LogP contribution in [0.4, 0.5) is 0 Å². The van der Waals surface area contributed by atoms with Gasteiger partial charge in [-0.05, 0) is 44.2 Å². The highest BCUT2D eigenvalue weighted by Crippen LogP contribution is 2.33. The van der Waals surface area contributed by atoms with E-state index in [1.54, 1.807) is 4.31 Å². The van der Waals surface area contributed by atoms with Gasteiger partial charge in [-0.15, -0.1) is 11.3 Å². The Balaban J connectivity index is 2.41. The zero-order chi connectivity index (χ0) is 14.0. The lowest BCUT2D eigenvalue weighted by Crippen LogP contribution is -2.35. The molecule has 0 saturated carbocycles. The number of sulfonamides is 1. The molecule has 1 atom stereocenters. The molecule has 108 valence electrons. The number of nitrogens with zero attached hydrogens (tertiary/aromatic N) is 1. The van der Waals surface area contributed by atoms with Crippen molar-refractivity contribution in [1.29, 1.82) is 0 Å². The predicted molar refractivity (Wildman–Crippen MR) is 79.0 cm³/mol. The molecule has 0 amide bonds. The molecule has 2 rings (SSSR count). The summed E-state index contributed by atoms with van der Waals surface area (Å²) in [6, 6.07) is 0.173. The molecule has 0 aromatic carbocycles. The van der Waals surface area contributed by atoms with E-state index in [1.165, 1.54) is 11.3 Å². The molecule has 1 unspecified atom stereocenters. The first-order valence-corrected chi connectivity index (χ1v) is 9.07. The third-order valence-electron chi connectivity index (χ3n) is 3.69. The van der Waals surface area contributed by atoms with Crippen LogP contribution in [0.3, 0.4) is 0 Å². The van der Waals surface area contributed by atoms with E-state index in [4.69, 9.17) is 0 Å². The van der Waals surface area contributed by atoms with E-state index in [1.807, 2.05) is 19.4 Å². The number of thiophene rings is 1. The first-order chi connectivity index (χ1) is 9.02. The van der Waals surface area contributed by atoms with Crippen LogP contribution in [-0.2, 0) is 16.6 Å². The number of hydrogen-bond donors (Lipinski definition) is 1. The van der Waals surface area contributed by atoms with Gasteiger partial charge in [0.05, 0.1) is 0 Å². The smallest absolute Gasteiger partial charge is 0.244 e. The molecular weight excluding hydrogens is 280 g/mol. The summed E-state index contributed by atoms with van der Waals surface area (Å²) in [5.41, 5.74) is 0.872. The first-order valence-electron chi connectivity index (χ1n) is 6.75. The van der Waals surface area contributed by atoms with Crippen LogP contribution in [0.25, 0.3) is 0 Å². The van der Waals surface area contributed by atoms with Crippen LogP contribution in [0.5, 0.6) is 0 Å². The summed E-state index contributed by atoms with van der Waals surface area (Å²) in [5.74, 6) is 0. The molecule has 2 heterocycles. The fourth-order valence-electron chi connectivity index (χ4n) is 2.77. The standard InChI is InChI=1S/C13H22N2O2S2/c1-4-11-6-5-7-15(11)19(16,17)13-10(2)9-18-12(13)8-14-3/h9,11,14H,4-8H2,1-3H3. The molecule has 6 heteroatoms. The van der Waals surface area contributed by atoms with E-state index in [9.17, 15) is 8.42 Å². The highest BCUT2D eigenvalue weighted by atomic mass is 32.2. The molecule has 0 radical (unpaired) electrons. The van der Waals surface area contributed by atoms with Gasteiger partial charge in [0, 0.05) is 24.0 Å². The van der Waals surface area contributed by atoms with Gasteiger partial charge in [0.15, 0.2) is 0 Å². The fraction of sp³-hybridized carbons (Fsp3) is 0.692. The summed E-state index contributed by atoms with van der Waals surface area (Å²) in [6.45, 7) is 5.22. The molecule has 1 aromatic rings. The predicted octanol–water partition coefficient (Wildman–Crippen LogP) is 2.34. The van der Waals surface area contributed by atoms with E-state index < -0.39 is 10.0 Å². The molecule has 1 aliphatic rings. The average Bonchev–Trinajstić information content (AvgIpc) is 2.96. The second-order valence-electron chi connectivity index (χ2n) is 5.02. The van der Waals surface area contributed by atoms with Gasteiger partial charge in [0.1, 0.15) is 4.90 Å². The first kappa shape index (κ1) is 15.0. The van der Waals surface area contributed by atoms with Gasteiger partial charge in [-0.1, -0.05) is 6.92 Å². The van der Waals surface area contributed by atoms with Crippen molar-refractivity contribution in [2.45, 2.75) is 50.6 Å². The molecule has 19 heavy (non-hydrogen) atoms. The van der Waals surface area contributed by atoms with Crippen molar-refractivity contribution in [2.75, 3.05) is 13.6 Å². The summed E-state index contributed by atoms with van der Waals surface area (Å²) in [6.07, 6.45) is 2.85. The molecule has 1 saturated heterocycles. The van der Waals surface area contributed by atoms with Crippen LogP contribution >= 0.6 is 11.3 Å². The summed E-state index contributed by atoms with van der Waals surface area (Å²) < 4.78 is 27.5. The van der Waals surface area contributed by atoms with Crippen molar-refractivity contribution in [1.82, 2.24) is 9.62 Å². The maximum absolute atomic E-state index is 12.9. The molecular formula is C13H22N2O2S2. The number of nitrogens with one attached hydrogen (secondary N) is 1. The molecule has 1 fully saturated rings. The van der Waals surface area contributed by atoms with E-state index in [0.29, 0.717) is 18.0 Å². The van der Waals surface area contributed by atoms with Crippen LogP contribution < -0.4 is 5.32 Å². The third-order valence-corrected chi connectivity index (χ3v) is 7.10. The molecule has 1 aromatic heterocycles. The van der Waals surface area contributed by atoms with Crippen molar-refractivity contribution >= 4 is 21.4 Å². The highest BCUT2D eigenvalue weighted by molar-refractivity contribution is 7.89. The second kappa shape index (κ2) is 5.91. The topological polar surface area (TPSA) is 49.4 Å². The van der Waals surface area contributed by atoms with E-state index in [0.717, 1.165) is 29.7 Å². The molecule has 0 aliphatic carbocycles. The van der Waals surface area contributed by atoms with Crippen LogP contribution in [0, 0.1) is 6.92 Å². The van der Waals surface area contributed by atoms with E-state index in [2.05, 4.69) is 12.2 Å². The van der Waals surface area contributed by atoms with E-state index >= 15 is 0 Å². The van der Waals surface area contributed by atoms with Gasteiger partial charge >= 0.3 is 0 Å². The Morgan fingerprint density at radius 2 is 2.26 bits per heavy atom. The average molecular weight is 302 g/mol. The number of hydrogen-bond acceptors (Lipinski definition) is 4. The molecule has 0 spiro atoms. The normalized spacial score (nSPS) is 21.1. The Bertz CT molecular complexity index is 537. The molecule has 0 bridgehead atoms. The zero-order valence-corrected chi connectivity index (χ0v) is 13.4. The van der Waals surface area contributed by atoms with Gasteiger partial charge in [0.25, 0.3) is 0 Å². The van der Waals surface area contributed by atoms with Gasteiger partial charge < -0.3 is 5.32 Å². The van der Waals surface area contributed by atoms with Gasteiger partial charge in [0.2, 0.25) is 10.0 Å². The highest BCUT2D eigenvalue weighted by Gasteiger charge is 2.36. The Labute approximate surface area is 119 Å². The second-order valence-corrected chi connectivity index (χ2v) is 7.81. The minimum Gasteiger partial charge on any atom is -0.315 e. The monoisotopic (exact) mass is 302 g/mol. The molecule has 4 nitrogen and oxygen atoms in total. The quantitative estimate of drug-likeness (QED) is 0.908. The lowest BCUT2D eigenvalue weighted by Gasteiger charge is -2.23. The molecule has 1 N–H and O–H groups in total. The summed E-state index contributed by atoms with van der Waals surface area (Å²) in [7, 11) is -1.49. The maximum Gasteiger partial charge on any atom is 0.244 e. The lowest BCUT2D eigenvalue weighted by molar-refractivity contribution is 0.379. The number of rotatable bonds is 5. The minimum absolute atomic E-state index is 0.173.